The maximum atomic E-state index is 16.0. The number of amides is 2. The third kappa shape index (κ3) is 20.3. The predicted octanol–water partition coefficient (Wildman–Crippen LogP) is 15.7. The fourth-order valence-electron chi connectivity index (χ4n) is 13.7. The Kier molecular flexibility index (Phi) is 28.4. The van der Waals surface area contributed by atoms with E-state index in [0.29, 0.717) is 39.6 Å². The fraction of sp³-hybridized carbons (Fsp3) is 0.191. The van der Waals surface area contributed by atoms with E-state index in [1.807, 2.05) is 285 Å². The number of methoxy groups -OCH3 is 2. The van der Waals surface area contributed by atoms with Gasteiger partial charge in [0.1, 0.15) is 28.3 Å². The molecule has 3 atom stereocenters. The summed E-state index contributed by atoms with van der Waals surface area (Å²) in [4.78, 5) is 90.4. The molecule has 4 heterocycles. The smallest absolute Gasteiger partial charge is 0.373 e. The first kappa shape index (κ1) is 82.0. The molecular weight excluding hydrogens is 1550 g/mol. The van der Waals surface area contributed by atoms with Crippen LogP contribution in [-0.2, 0) is 74.1 Å². The molecule has 24 heteroatoms. The Morgan fingerprint density at radius 3 is 1.47 bits per heavy atom. The molecule has 2 amide bonds. The summed E-state index contributed by atoms with van der Waals surface area (Å²) in [6, 6.07) is 93.2. The standard InChI is InChI=1S/C94H84N6O15S3/c1-106-54-56-108-63-110-78-49-48-71(58-79(78)111-64-109-57-55-107-2)87(92(105)114-86(69-38-20-7-21-39-69)70-40-22-8-23-41-70)115-98-81(77-62-118-93(95-77)97-94(73-42-24-9-25-43-73,74-44-26-10-27-45-74)75-46-28-11-29-47-75)88(102)96-82-89(103)100-83(91(104)113-85(67-34-16-5-17-35-67)68-36-18-6-19-37-68)72(61-117-90(82)100)60-116-76-50-52-99(53-51-76)59-80(101)112-84(65-30-12-3-13-31-65)66-32-14-4-15-33-66/h3-53,58,62,82,84-87,90H,54-57,59-61,63-64H2,1-2H3,(H-,95,96,97,102)/p+1/t82?,87?,90-/m0/s1. The quantitative estimate of drug-likeness (QED) is 0.00348. The first-order valence-electron chi connectivity index (χ1n) is 38.2. The second-order valence-corrected chi connectivity index (χ2v) is 30.2. The SMILES string of the molecule is COCCOCOc1ccc(C(ON=C(C(=O)NC2C(=O)N3C(C(=O)OC(c4ccccc4)c4ccccc4)=C(CSc4cc[n+](CC(=O)OC(c5ccccc5)c5ccccc5)cc4)CS[C@@H]23)c2csc(NC(c3ccccc3)(c3ccccc3)c3ccccc3)n2)C(=O)OC(c2ccccc2)c2ccccc2)cc1OCOCCOC. The van der Waals surface area contributed by atoms with E-state index >= 15 is 19.2 Å². The molecule has 0 radical (unpaired) electrons. The van der Waals surface area contributed by atoms with Crippen molar-refractivity contribution in [1.29, 1.82) is 0 Å². The maximum Gasteiger partial charge on any atom is 0.373 e. The molecule has 10 aromatic carbocycles. The Labute approximate surface area is 696 Å². The molecule has 2 aliphatic rings. The minimum atomic E-state index is -1.78. The average Bonchev–Trinajstić information content (AvgIpc) is 0.782. The van der Waals surface area contributed by atoms with Gasteiger partial charge in [-0.25, -0.2) is 19.4 Å². The van der Waals surface area contributed by atoms with Crippen molar-refractivity contribution in [2.24, 2.45) is 5.16 Å². The number of thiazole rings is 1. The van der Waals surface area contributed by atoms with Gasteiger partial charge in [0, 0.05) is 53.7 Å². The molecule has 0 bridgehead atoms. The van der Waals surface area contributed by atoms with Crippen molar-refractivity contribution in [2.75, 3.05) is 71.1 Å². The summed E-state index contributed by atoms with van der Waals surface area (Å²) in [5.41, 5.74) is 6.21. The Morgan fingerprint density at radius 1 is 0.542 bits per heavy atom. The zero-order valence-corrected chi connectivity index (χ0v) is 67.0. The van der Waals surface area contributed by atoms with E-state index in [1.165, 1.54) is 45.8 Å². The Hall–Kier alpha value is -12.5. The molecule has 598 valence electrons. The van der Waals surface area contributed by atoms with Crippen LogP contribution in [-0.4, -0.2) is 122 Å². The lowest BCUT2D eigenvalue weighted by molar-refractivity contribution is -0.686. The molecule has 14 rings (SSSR count). The van der Waals surface area contributed by atoms with E-state index in [4.69, 9.17) is 52.5 Å². The number of carbonyl (C=O) groups is 5. The Bertz CT molecular complexity index is 5130. The molecule has 2 unspecified atom stereocenters. The summed E-state index contributed by atoms with van der Waals surface area (Å²) in [6.07, 6.45) is -0.687. The number of nitrogens with zero attached hydrogens (tertiary/aromatic N) is 4. The number of oxime groups is 1. The number of nitrogens with one attached hydrogen (secondary N) is 2. The number of thioether (sulfide) groups is 2. The molecule has 2 aliphatic heterocycles. The normalized spacial score (nSPS) is 14.2. The van der Waals surface area contributed by atoms with Crippen LogP contribution in [0.3, 0.4) is 0 Å². The fourth-order valence-corrected chi connectivity index (χ4v) is 16.8. The summed E-state index contributed by atoms with van der Waals surface area (Å²) < 4.78 is 55.2. The number of hydrogen-bond donors (Lipinski definition) is 2. The molecule has 0 aliphatic carbocycles. The zero-order valence-electron chi connectivity index (χ0n) is 64.6. The van der Waals surface area contributed by atoms with E-state index in [9.17, 15) is 4.79 Å². The molecule has 0 spiro atoms. The van der Waals surface area contributed by atoms with Crippen LogP contribution in [0.2, 0.25) is 0 Å². The number of rotatable bonds is 39. The van der Waals surface area contributed by atoms with Crippen LogP contribution in [0.5, 0.6) is 11.5 Å². The lowest BCUT2D eigenvalue weighted by atomic mass is 9.77. The third-order valence-corrected chi connectivity index (χ3v) is 22.7. The van der Waals surface area contributed by atoms with Crippen LogP contribution in [0.4, 0.5) is 5.13 Å². The summed E-state index contributed by atoms with van der Waals surface area (Å²) >= 11 is 3.98. The van der Waals surface area contributed by atoms with Crippen molar-refractivity contribution < 1.29 is 76.0 Å². The number of carbonyl (C=O) groups excluding carboxylic acids is 5. The number of pyridine rings is 1. The van der Waals surface area contributed by atoms with Crippen LogP contribution in [0, 0.1) is 0 Å². The molecule has 2 N–H and O–H groups in total. The molecule has 1 saturated heterocycles. The molecule has 118 heavy (non-hydrogen) atoms. The van der Waals surface area contributed by atoms with Crippen molar-refractivity contribution in [3.8, 4) is 11.5 Å². The topological polar surface area (TPSA) is 234 Å². The number of fused-ring (bicyclic) bond motifs is 1. The number of hydrogen-bond acceptors (Lipinski definition) is 21. The van der Waals surface area contributed by atoms with Crippen molar-refractivity contribution in [3.63, 3.8) is 0 Å². The van der Waals surface area contributed by atoms with Gasteiger partial charge in [0.05, 0.1) is 26.4 Å². The minimum absolute atomic E-state index is 0.0107. The van der Waals surface area contributed by atoms with Crippen molar-refractivity contribution in [3.05, 3.63) is 394 Å². The second kappa shape index (κ2) is 40.9. The lowest BCUT2D eigenvalue weighted by Crippen LogP contribution is -2.71. The van der Waals surface area contributed by atoms with Crippen molar-refractivity contribution in [2.45, 2.75) is 52.8 Å². The summed E-state index contributed by atoms with van der Waals surface area (Å²) in [7, 11) is 3.11. The van der Waals surface area contributed by atoms with E-state index in [-0.39, 0.29) is 79.9 Å². The van der Waals surface area contributed by atoms with Gasteiger partial charge in [-0.3, -0.25) is 14.5 Å². The number of benzene rings is 10. The van der Waals surface area contributed by atoms with Gasteiger partial charge < -0.3 is 58.1 Å². The predicted molar refractivity (Wildman–Crippen MR) is 450 cm³/mol. The number of β-lactam (4-membered cyclic amide) rings is 1. The largest absolute Gasteiger partial charge is 0.464 e. The van der Waals surface area contributed by atoms with E-state index in [0.717, 1.165) is 32.7 Å². The Balaban J connectivity index is 0.815. The number of esters is 3. The maximum absolute atomic E-state index is 16.0. The van der Waals surface area contributed by atoms with Gasteiger partial charge in [0.25, 0.3) is 11.8 Å². The van der Waals surface area contributed by atoms with Crippen molar-refractivity contribution in [1.82, 2.24) is 15.2 Å². The first-order chi connectivity index (χ1) is 58.0. The highest BCUT2D eigenvalue weighted by atomic mass is 32.2. The van der Waals surface area contributed by atoms with Crippen LogP contribution in [0.1, 0.15) is 85.7 Å². The summed E-state index contributed by atoms with van der Waals surface area (Å²) in [5, 5.41) is 12.6. The highest BCUT2D eigenvalue weighted by molar-refractivity contribution is 8.01. The van der Waals surface area contributed by atoms with Crippen LogP contribution in [0.25, 0.3) is 0 Å². The highest BCUT2D eigenvalue weighted by Crippen LogP contribution is 2.45. The number of aromatic nitrogens is 2. The minimum Gasteiger partial charge on any atom is -0.464 e. The molecule has 21 nitrogen and oxygen atoms in total. The van der Waals surface area contributed by atoms with Gasteiger partial charge >= 0.3 is 17.9 Å². The molecular formula is C94H85N6O15S3+. The first-order valence-corrected chi connectivity index (χ1v) is 41.1. The monoisotopic (exact) mass is 1630 g/mol. The average molecular weight is 1630 g/mol. The van der Waals surface area contributed by atoms with Crippen LogP contribution < -0.4 is 24.7 Å². The lowest BCUT2D eigenvalue weighted by Gasteiger charge is -2.49. The highest BCUT2D eigenvalue weighted by Gasteiger charge is 2.55. The summed E-state index contributed by atoms with van der Waals surface area (Å²) in [6.45, 7) is 0.478. The second-order valence-electron chi connectivity index (χ2n) is 27.2. The van der Waals surface area contributed by atoms with Gasteiger partial charge in [0.15, 0.2) is 66.6 Å². The van der Waals surface area contributed by atoms with Gasteiger partial charge in [-0.2, -0.15) is 4.57 Å². The molecule has 0 saturated carbocycles. The van der Waals surface area contributed by atoms with Gasteiger partial charge in [-0.1, -0.05) is 284 Å². The van der Waals surface area contributed by atoms with E-state index in [2.05, 4.69) is 15.8 Å². The Morgan fingerprint density at radius 2 is 0.992 bits per heavy atom. The van der Waals surface area contributed by atoms with Crippen LogP contribution in [0.15, 0.2) is 342 Å². The van der Waals surface area contributed by atoms with E-state index in [1.54, 1.807) is 48.7 Å². The van der Waals surface area contributed by atoms with Crippen LogP contribution >= 0.6 is 34.9 Å². The zero-order chi connectivity index (χ0) is 81.3. The molecule has 1 fully saturated rings. The summed E-state index contributed by atoms with van der Waals surface area (Å²) in [5.74, 6) is -2.89. The number of anilines is 1. The third-order valence-electron chi connectivity index (χ3n) is 19.5. The van der Waals surface area contributed by atoms with Gasteiger partial charge in [-0.15, -0.1) is 34.9 Å². The van der Waals surface area contributed by atoms with Gasteiger partial charge in [0.2, 0.25) is 12.6 Å². The van der Waals surface area contributed by atoms with Crippen molar-refractivity contribution >= 4 is 75.4 Å². The number of ether oxygens (including phenoxy) is 9. The molecule has 2 aromatic heterocycles. The molecule has 12 aromatic rings. The van der Waals surface area contributed by atoms with E-state index < -0.39 is 76.8 Å². The van der Waals surface area contributed by atoms with Gasteiger partial charge in [-0.05, 0) is 67.8 Å².